The van der Waals surface area contributed by atoms with E-state index in [2.05, 4.69) is 9.72 Å². The van der Waals surface area contributed by atoms with E-state index in [1.807, 2.05) is 0 Å². The van der Waals surface area contributed by atoms with Gasteiger partial charge in [-0.15, -0.1) is 0 Å². The van der Waals surface area contributed by atoms with Crippen LogP contribution in [0.4, 0.5) is 13.2 Å². The van der Waals surface area contributed by atoms with Gasteiger partial charge in [0.05, 0.1) is 13.3 Å². The number of carbonyl (C=O) groups is 1. The Morgan fingerprint density at radius 2 is 2.20 bits per heavy atom. The Morgan fingerprint density at radius 3 is 2.67 bits per heavy atom. The molecule has 0 saturated carbocycles. The summed E-state index contributed by atoms with van der Waals surface area (Å²) in [6.07, 6.45) is -2.61. The van der Waals surface area contributed by atoms with Crippen molar-refractivity contribution >= 4 is 5.97 Å². The molecule has 0 aromatic carbocycles. The summed E-state index contributed by atoms with van der Waals surface area (Å²) in [6.45, 7) is 0. The van der Waals surface area contributed by atoms with E-state index in [9.17, 15) is 18.0 Å². The molecule has 0 amide bonds. The number of methoxy groups -OCH3 is 1. The number of esters is 1. The van der Waals surface area contributed by atoms with Crippen LogP contribution < -0.4 is 0 Å². The van der Waals surface area contributed by atoms with E-state index >= 15 is 0 Å². The van der Waals surface area contributed by atoms with Crippen molar-refractivity contribution in [3.8, 4) is 5.75 Å². The fourth-order valence-corrected chi connectivity index (χ4v) is 0.941. The summed E-state index contributed by atoms with van der Waals surface area (Å²) >= 11 is 0. The van der Waals surface area contributed by atoms with Gasteiger partial charge < -0.3 is 9.84 Å². The Morgan fingerprint density at radius 1 is 1.60 bits per heavy atom. The van der Waals surface area contributed by atoms with Gasteiger partial charge in [-0.1, -0.05) is 0 Å². The van der Waals surface area contributed by atoms with E-state index in [4.69, 9.17) is 5.11 Å². The highest BCUT2D eigenvalue weighted by Crippen LogP contribution is 2.27. The molecular formula is C8H6F3NO3. The zero-order valence-electron chi connectivity index (χ0n) is 7.50. The second-order valence-corrected chi connectivity index (χ2v) is 2.51. The van der Waals surface area contributed by atoms with Crippen molar-refractivity contribution in [1.29, 1.82) is 0 Å². The van der Waals surface area contributed by atoms with E-state index in [0.29, 0.717) is 6.20 Å². The van der Waals surface area contributed by atoms with Crippen LogP contribution in [0.3, 0.4) is 0 Å². The van der Waals surface area contributed by atoms with Gasteiger partial charge in [-0.2, -0.15) is 0 Å². The van der Waals surface area contributed by atoms with Crippen molar-refractivity contribution in [1.82, 2.24) is 4.98 Å². The Hall–Kier alpha value is -1.79. The Bertz CT molecular complexity index is 395. The molecule has 0 unspecified atom stereocenters. The van der Waals surface area contributed by atoms with Crippen molar-refractivity contribution in [3.63, 3.8) is 0 Å². The van der Waals surface area contributed by atoms with Crippen molar-refractivity contribution in [2.75, 3.05) is 7.11 Å². The van der Waals surface area contributed by atoms with Crippen LogP contribution in [0.1, 0.15) is 22.5 Å². The maximum atomic E-state index is 13.2. The third kappa shape index (κ3) is 2.00. The smallest absolute Gasteiger partial charge is 0.344 e. The molecule has 0 fully saturated rings. The number of aromatic hydroxyl groups is 1. The molecule has 4 nitrogen and oxygen atoms in total. The fraction of sp³-hybridized carbons (Fsp3) is 0.250. The molecule has 1 aromatic rings. The number of nitrogens with zero attached hydrogens (tertiary/aromatic N) is 1. The van der Waals surface area contributed by atoms with Crippen LogP contribution in [-0.4, -0.2) is 23.2 Å². The SMILES string of the molecule is COC(=O)c1c(O)cnc(C(F)F)c1F. The molecule has 15 heavy (non-hydrogen) atoms. The Balaban J connectivity index is 3.36. The highest BCUT2D eigenvalue weighted by Gasteiger charge is 2.25. The van der Waals surface area contributed by atoms with Crippen molar-refractivity contribution in [2.24, 2.45) is 0 Å². The number of pyridine rings is 1. The Labute approximate surface area is 82.3 Å². The maximum Gasteiger partial charge on any atom is 0.344 e. The number of halogens is 3. The molecule has 0 radical (unpaired) electrons. The number of ether oxygens (including phenoxy) is 1. The molecule has 1 heterocycles. The summed E-state index contributed by atoms with van der Waals surface area (Å²) in [7, 11) is 0.934. The van der Waals surface area contributed by atoms with Crippen LogP contribution in [0.25, 0.3) is 0 Å². The highest BCUT2D eigenvalue weighted by molar-refractivity contribution is 5.92. The van der Waals surface area contributed by atoms with Crippen LogP contribution in [0.15, 0.2) is 6.20 Å². The minimum absolute atomic E-state index is 0.566. The third-order valence-corrected chi connectivity index (χ3v) is 1.62. The highest BCUT2D eigenvalue weighted by atomic mass is 19.3. The number of hydrogen-bond acceptors (Lipinski definition) is 4. The molecular weight excluding hydrogens is 215 g/mol. The molecule has 0 aliphatic heterocycles. The predicted octanol–water partition coefficient (Wildman–Crippen LogP) is 1.65. The van der Waals surface area contributed by atoms with Crippen LogP contribution in [0.5, 0.6) is 5.75 Å². The molecule has 82 valence electrons. The lowest BCUT2D eigenvalue weighted by atomic mass is 10.2. The minimum atomic E-state index is -3.17. The number of carbonyl (C=O) groups excluding carboxylic acids is 1. The average molecular weight is 221 g/mol. The van der Waals surface area contributed by atoms with Crippen LogP contribution in [0, 0.1) is 5.82 Å². The van der Waals surface area contributed by atoms with Gasteiger partial charge >= 0.3 is 5.97 Å². The molecule has 7 heteroatoms. The normalized spacial score (nSPS) is 10.5. The van der Waals surface area contributed by atoms with E-state index in [1.165, 1.54) is 0 Å². The first kappa shape index (κ1) is 11.3. The molecule has 0 bridgehead atoms. The molecule has 0 aliphatic carbocycles. The number of hydrogen-bond donors (Lipinski definition) is 1. The molecule has 0 spiro atoms. The minimum Gasteiger partial charge on any atom is -0.505 e. The average Bonchev–Trinajstić information content (AvgIpc) is 2.16. The standard InChI is InChI=1S/C8H6F3NO3/c1-15-8(14)4-3(13)2-12-6(5(4)9)7(10)11/h2,7,13H,1H3. The topological polar surface area (TPSA) is 59.4 Å². The van der Waals surface area contributed by atoms with Crippen LogP contribution in [0.2, 0.25) is 0 Å². The number of aromatic nitrogens is 1. The number of alkyl halides is 2. The number of rotatable bonds is 2. The fourth-order valence-electron chi connectivity index (χ4n) is 0.941. The first-order valence-corrected chi connectivity index (χ1v) is 3.72. The largest absolute Gasteiger partial charge is 0.505 e. The molecule has 0 aliphatic rings. The lowest BCUT2D eigenvalue weighted by Crippen LogP contribution is -2.09. The van der Waals surface area contributed by atoms with Gasteiger partial charge in [0.1, 0.15) is 11.3 Å². The summed E-state index contributed by atoms with van der Waals surface area (Å²) < 4.78 is 41.7. The Kier molecular flexibility index (Phi) is 3.13. The monoisotopic (exact) mass is 221 g/mol. The summed E-state index contributed by atoms with van der Waals surface area (Å²) in [4.78, 5) is 13.9. The van der Waals surface area contributed by atoms with Gasteiger partial charge in [-0.05, 0) is 0 Å². The van der Waals surface area contributed by atoms with E-state index < -0.39 is 35.2 Å². The first-order valence-electron chi connectivity index (χ1n) is 3.72. The van der Waals surface area contributed by atoms with Gasteiger partial charge in [-0.25, -0.2) is 22.9 Å². The summed E-state index contributed by atoms with van der Waals surface area (Å²) in [5.41, 5.74) is -2.14. The second kappa shape index (κ2) is 4.16. The maximum absolute atomic E-state index is 13.2. The van der Waals surface area contributed by atoms with E-state index in [-0.39, 0.29) is 0 Å². The van der Waals surface area contributed by atoms with Gasteiger partial charge in [0.2, 0.25) is 0 Å². The van der Waals surface area contributed by atoms with Gasteiger partial charge in [-0.3, -0.25) is 0 Å². The predicted molar refractivity (Wildman–Crippen MR) is 42.2 cm³/mol. The molecule has 0 atom stereocenters. The summed E-state index contributed by atoms with van der Waals surface area (Å²) in [5.74, 6) is -3.66. The molecule has 1 rings (SSSR count). The van der Waals surface area contributed by atoms with E-state index in [0.717, 1.165) is 7.11 Å². The molecule has 1 aromatic heterocycles. The zero-order valence-corrected chi connectivity index (χ0v) is 7.50. The first-order chi connectivity index (χ1) is 6.99. The van der Waals surface area contributed by atoms with Crippen molar-refractivity contribution < 1.29 is 27.8 Å². The quantitative estimate of drug-likeness (QED) is 0.771. The third-order valence-electron chi connectivity index (χ3n) is 1.62. The van der Waals surface area contributed by atoms with E-state index in [1.54, 1.807) is 0 Å². The van der Waals surface area contributed by atoms with Gasteiger partial charge in [0.15, 0.2) is 11.6 Å². The molecule has 0 saturated heterocycles. The van der Waals surface area contributed by atoms with Gasteiger partial charge in [0.25, 0.3) is 6.43 Å². The van der Waals surface area contributed by atoms with Crippen LogP contribution >= 0.6 is 0 Å². The molecule has 1 N–H and O–H groups in total. The summed E-state index contributed by atoms with van der Waals surface area (Å²) in [5, 5.41) is 9.05. The van der Waals surface area contributed by atoms with Crippen molar-refractivity contribution in [3.05, 3.63) is 23.3 Å². The van der Waals surface area contributed by atoms with Crippen LogP contribution in [-0.2, 0) is 4.74 Å². The summed E-state index contributed by atoms with van der Waals surface area (Å²) in [6, 6.07) is 0. The lowest BCUT2D eigenvalue weighted by Gasteiger charge is -2.06. The zero-order chi connectivity index (χ0) is 11.6. The van der Waals surface area contributed by atoms with Crippen molar-refractivity contribution in [2.45, 2.75) is 6.43 Å². The second-order valence-electron chi connectivity index (χ2n) is 2.51. The lowest BCUT2D eigenvalue weighted by molar-refractivity contribution is 0.0589. The van der Waals surface area contributed by atoms with Gasteiger partial charge in [0, 0.05) is 0 Å².